The molecule has 0 bridgehead atoms. The number of aromatic nitrogens is 2. The highest BCUT2D eigenvalue weighted by atomic mass is 16.1. The van der Waals surface area contributed by atoms with E-state index < -0.39 is 0 Å². The van der Waals surface area contributed by atoms with E-state index in [9.17, 15) is 4.79 Å². The Balaban J connectivity index is 2.15. The summed E-state index contributed by atoms with van der Waals surface area (Å²) >= 11 is 0. The summed E-state index contributed by atoms with van der Waals surface area (Å²) in [7, 11) is 1.86. The lowest BCUT2D eigenvalue weighted by Gasteiger charge is -2.05. The van der Waals surface area contributed by atoms with Gasteiger partial charge in [0.25, 0.3) is 0 Å². The Bertz CT molecular complexity index is 332. The molecule has 16 heavy (non-hydrogen) atoms. The molecule has 0 spiro atoms. The smallest absolute Gasteiger partial charge is 0.220 e. The van der Waals surface area contributed by atoms with E-state index in [-0.39, 0.29) is 11.9 Å². The van der Waals surface area contributed by atoms with Crippen LogP contribution in [0.2, 0.25) is 0 Å². The second-order valence-electron chi connectivity index (χ2n) is 4.17. The van der Waals surface area contributed by atoms with Crippen LogP contribution in [0.25, 0.3) is 0 Å². The molecule has 1 aromatic heterocycles. The van der Waals surface area contributed by atoms with E-state index in [1.165, 1.54) is 0 Å². The van der Waals surface area contributed by atoms with Gasteiger partial charge in [-0.1, -0.05) is 0 Å². The van der Waals surface area contributed by atoms with Gasteiger partial charge in [-0.25, -0.2) is 0 Å². The Hall–Kier alpha value is -1.36. The fourth-order valence-corrected chi connectivity index (χ4v) is 1.44. The van der Waals surface area contributed by atoms with Gasteiger partial charge in [-0.2, -0.15) is 5.10 Å². The van der Waals surface area contributed by atoms with Crippen LogP contribution in [0.4, 0.5) is 0 Å². The molecule has 0 fully saturated rings. The van der Waals surface area contributed by atoms with E-state index in [0.29, 0.717) is 13.0 Å². The van der Waals surface area contributed by atoms with Gasteiger partial charge in [0.1, 0.15) is 0 Å². The quantitative estimate of drug-likeness (QED) is 0.741. The Morgan fingerprint density at radius 2 is 2.44 bits per heavy atom. The summed E-state index contributed by atoms with van der Waals surface area (Å²) in [6.45, 7) is 2.50. The second kappa shape index (κ2) is 6.27. The first-order valence-corrected chi connectivity index (χ1v) is 5.57. The zero-order valence-corrected chi connectivity index (χ0v) is 9.94. The van der Waals surface area contributed by atoms with Crippen molar-refractivity contribution in [1.29, 1.82) is 0 Å². The first kappa shape index (κ1) is 12.7. The summed E-state index contributed by atoms with van der Waals surface area (Å²) in [5.41, 5.74) is 6.62. The van der Waals surface area contributed by atoms with Crippen LogP contribution in [0.1, 0.15) is 31.7 Å². The van der Waals surface area contributed by atoms with E-state index in [4.69, 9.17) is 5.73 Å². The summed E-state index contributed by atoms with van der Waals surface area (Å²) in [4.78, 5) is 11.4. The van der Waals surface area contributed by atoms with Crippen molar-refractivity contribution in [3.8, 4) is 0 Å². The molecule has 3 N–H and O–H groups in total. The molecule has 1 unspecified atom stereocenters. The number of hydrogen-bond donors (Lipinski definition) is 2. The molecule has 0 radical (unpaired) electrons. The summed E-state index contributed by atoms with van der Waals surface area (Å²) in [5, 5.41) is 6.88. The molecule has 0 aliphatic rings. The van der Waals surface area contributed by atoms with Gasteiger partial charge in [0.2, 0.25) is 5.91 Å². The summed E-state index contributed by atoms with van der Waals surface area (Å²) < 4.78 is 1.72. The van der Waals surface area contributed by atoms with Gasteiger partial charge in [-0.05, 0) is 19.8 Å². The molecule has 0 saturated carbocycles. The maximum atomic E-state index is 11.4. The molecule has 0 aliphatic heterocycles. The molecular weight excluding hydrogens is 204 g/mol. The highest BCUT2D eigenvalue weighted by Gasteiger charge is 2.03. The molecule has 5 nitrogen and oxygen atoms in total. The normalized spacial score (nSPS) is 12.4. The molecule has 1 atom stereocenters. The maximum Gasteiger partial charge on any atom is 0.220 e. The molecule has 0 saturated heterocycles. The van der Waals surface area contributed by atoms with Crippen LogP contribution in [0.3, 0.4) is 0 Å². The van der Waals surface area contributed by atoms with Crippen molar-refractivity contribution < 1.29 is 4.79 Å². The minimum Gasteiger partial charge on any atom is -0.352 e. The molecule has 1 amide bonds. The van der Waals surface area contributed by atoms with Crippen LogP contribution in [0.15, 0.2) is 12.4 Å². The molecule has 0 aromatic carbocycles. The first-order chi connectivity index (χ1) is 7.58. The van der Waals surface area contributed by atoms with Crippen LogP contribution in [0.5, 0.6) is 0 Å². The number of aryl methyl sites for hydroxylation is 1. The zero-order valence-electron chi connectivity index (χ0n) is 9.94. The van der Waals surface area contributed by atoms with Gasteiger partial charge < -0.3 is 11.1 Å². The van der Waals surface area contributed by atoms with E-state index in [1.54, 1.807) is 10.9 Å². The van der Waals surface area contributed by atoms with Crippen LogP contribution in [0, 0.1) is 0 Å². The van der Waals surface area contributed by atoms with Crippen molar-refractivity contribution in [2.45, 2.75) is 38.8 Å². The number of hydrogen-bond acceptors (Lipinski definition) is 3. The monoisotopic (exact) mass is 224 g/mol. The molecule has 5 heteroatoms. The van der Waals surface area contributed by atoms with Crippen LogP contribution in [-0.2, 0) is 18.4 Å². The molecule has 0 aliphatic carbocycles. The maximum absolute atomic E-state index is 11.4. The minimum atomic E-state index is 0.0736. The van der Waals surface area contributed by atoms with Crippen molar-refractivity contribution in [2.24, 2.45) is 12.8 Å². The third-order valence-electron chi connectivity index (χ3n) is 2.31. The number of carbonyl (C=O) groups excluding carboxylic acids is 1. The van der Waals surface area contributed by atoms with Crippen molar-refractivity contribution in [1.82, 2.24) is 15.1 Å². The van der Waals surface area contributed by atoms with Crippen LogP contribution < -0.4 is 11.1 Å². The number of carbonyl (C=O) groups is 1. The fourth-order valence-electron chi connectivity index (χ4n) is 1.44. The number of rotatable bonds is 6. The third-order valence-corrected chi connectivity index (χ3v) is 2.31. The Labute approximate surface area is 96.0 Å². The number of nitrogens with one attached hydrogen (secondary N) is 1. The molecule has 1 aromatic rings. The first-order valence-electron chi connectivity index (χ1n) is 5.57. The van der Waals surface area contributed by atoms with Crippen molar-refractivity contribution in [3.63, 3.8) is 0 Å². The van der Waals surface area contributed by atoms with E-state index >= 15 is 0 Å². The lowest BCUT2D eigenvalue weighted by Crippen LogP contribution is -2.23. The zero-order chi connectivity index (χ0) is 12.0. The van der Waals surface area contributed by atoms with Crippen molar-refractivity contribution in [3.05, 3.63) is 18.0 Å². The van der Waals surface area contributed by atoms with E-state index in [1.807, 2.05) is 20.2 Å². The number of amides is 1. The average molecular weight is 224 g/mol. The number of nitrogens with zero attached hydrogens (tertiary/aromatic N) is 2. The highest BCUT2D eigenvalue weighted by Crippen LogP contribution is 1.99. The lowest BCUT2D eigenvalue weighted by atomic mass is 10.1. The predicted octanol–water partition coefficient (Wildman–Crippen LogP) is 0.554. The third kappa shape index (κ3) is 4.93. The molecular formula is C11H20N4O. The van der Waals surface area contributed by atoms with Crippen molar-refractivity contribution in [2.75, 3.05) is 0 Å². The Morgan fingerprint density at radius 1 is 1.69 bits per heavy atom. The Kier molecular flexibility index (Phi) is 4.98. The van der Waals surface area contributed by atoms with Crippen LogP contribution in [-0.4, -0.2) is 21.7 Å². The van der Waals surface area contributed by atoms with Gasteiger partial charge in [-0.15, -0.1) is 0 Å². The van der Waals surface area contributed by atoms with E-state index in [2.05, 4.69) is 10.4 Å². The molecule has 1 rings (SSSR count). The predicted molar refractivity (Wildman–Crippen MR) is 62.6 cm³/mol. The van der Waals surface area contributed by atoms with E-state index in [0.717, 1.165) is 18.4 Å². The average Bonchev–Trinajstić information content (AvgIpc) is 2.61. The summed E-state index contributed by atoms with van der Waals surface area (Å²) in [6.07, 6.45) is 5.92. The van der Waals surface area contributed by atoms with Gasteiger partial charge in [0.05, 0.1) is 6.20 Å². The largest absolute Gasteiger partial charge is 0.352 e. The fraction of sp³-hybridized carbons (Fsp3) is 0.636. The highest BCUT2D eigenvalue weighted by molar-refractivity contribution is 5.75. The van der Waals surface area contributed by atoms with Crippen molar-refractivity contribution >= 4 is 5.91 Å². The summed E-state index contributed by atoms with van der Waals surface area (Å²) in [6, 6.07) is 0.172. The standard InChI is InChI=1S/C11H20N4O/c1-9(12)4-3-5-11(16)13-6-10-7-14-15(2)8-10/h7-9H,3-6,12H2,1-2H3,(H,13,16). The Morgan fingerprint density at radius 3 is 3.00 bits per heavy atom. The lowest BCUT2D eigenvalue weighted by molar-refractivity contribution is -0.121. The van der Waals surface area contributed by atoms with Crippen LogP contribution >= 0.6 is 0 Å². The minimum absolute atomic E-state index is 0.0736. The molecule has 1 heterocycles. The second-order valence-corrected chi connectivity index (χ2v) is 4.17. The molecule has 90 valence electrons. The van der Waals surface area contributed by atoms with Gasteiger partial charge in [0, 0.05) is 37.8 Å². The summed E-state index contributed by atoms with van der Waals surface area (Å²) in [5.74, 6) is 0.0736. The van der Waals surface area contributed by atoms with Gasteiger partial charge >= 0.3 is 0 Å². The SMILES string of the molecule is CC(N)CCCC(=O)NCc1cnn(C)c1. The number of nitrogens with two attached hydrogens (primary N) is 1. The van der Waals surface area contributed by atoms with Gasteiger partial charge in [0.15, 0.2) is 0 Å². The van der Waals surface area contributed by atoms with Gasteiger partial charge in [-0.3, -0.25) is 9.48 Å². The topological polar surface area (TPSA) is 72.9 Å².